The number of benzene rings is 1. The molecule has 0 spiro atoms. The maximum Gasteiger partial charge on any atom is 0.312 e. The first-order valence-electron chi connectivity index (χ1n) is 7.61. The topological polar surface area (TPSA) is 52.7 Å². The van der Waals surface area contributed by atoms with Crippen molar-refractivity contribution in [1.82, 2.24) is 10.2 Å². The van der Waals surface area contributed by atoms with Gasteiger partial charge in [-0.3, -0.25) is 9.59 Å². The van der Waals surface area contributed by atoms with Crippen molar-refractivity contribution in [2.45, 2.75) is 26.3 Å². The molecule has 22 heavy (non-hydrogen) atoms. The molecule has 1 aromatic rings. The first-order valence-corrected chi connectivity index (χ1v) is 7.61. The predicted octanol–water partition coefficient (Wildman–Crippen LogP) is 1.39. The van der Waals surface area contributed by atoms with E-state index < -0.39 is 11.8 Å². The van der Waals surface area contributed by atoms with Crippen LogP contribution in [-0.2, 0) is 9.59 Å². The number of carbonyl (C=O) groups excluding carboxylic acids is 2. The molecule has 1 N–H and O–H groups in total. The second-order valence-electron chi connectivity index (χ2n) is 5.54. The number of piperazine rings is 1. The number of carbonyl (C=O) groups is 2. The Morgan fingerprint density at radius 1 is 1.18 bits per heavy atom. The number of anilines is 1. The lowest BCUT2D eigenvalue weighted by Crippen LogP contribution is -2.53. The molecule has 0 bridgehead atoms. The molecule has 1 heterocycles. The highest BCUT2D eigenvalue weighted by Gasteiger charge is 2.26. The van der Waals surface area contributed by atoms with E-state index in [4.69, 9.17) is 0 Å². The standard InChI is InChI=1S/C16H22FN3O2/c1-3-12(2)18-15(21)16(22)20-10-8-19(9-11-20)14-6-4-13(17)5-7-14/h4-7,12H,3,8-11H2,1-2H3,(H,18,21). The minimum absolute atomic E-state index is 0.00282. The van der Waals surface area contributed by atoms with Gasteiger partial charge in [0.2, 0.25) is 0 Å². The van der Waals surface area contributed by atoms with Crippen LogP contribution in [0.4, 0.5) is 10.1 Å². The van der Waals surface area contributed by atoms with Crippen molar-refractivity contribution in [3.63, 3.8) is 0 Å². The second-order valence-corrected chi connectivity index (χ2v) is 5.54. The van der Waals surface area contributed by atoms with Crippen molar-refractivity contribution in [2.24, 2.45) is 0 Å². The smallest absolute Gasteiger partial charge is 0.312 e. The fourth-order valence-electron chi connectivity index (χ4n) is 2.35. The molecule has 0 aromatic heterocycles. The zero-order valence-electron chi connectivity index (χ0n) is 13.0. The molecule has 2 rings (SSSR count). The Balaban J connectivity index is 1.87. The molecule has 0 saturated carbocycles. The van der Waals surface area contributed by atoms with Crippen LogP contribution >= 0.6 is 0 Å². The van der Waals surface area contributed by atoms with Crippen LogP contribution in [0.1, 0.15) is 20.3 Å². The van der Waals surface area contributed by atoms with Crippen LogP contribution in [0.3, 0.4) is 0 Å². The molecule has 1 aliphatic heterocycles. The molecule has 0 aliphatic carbocycles. The molecular formula is C16H22FN3O2. The van der Waals surface area contributed by atoms with Gasteiger partial charge in [-0.05, 0) is 37.6 Å². The van der Waals surface area contributed by atoms with E-state index in [9.17, 15) is 14.0 Å². The summed E-state index contributed by atoms with van der Waals surface area (Å²) in [5.41, 5.74) is 0.928. The van der Waals surface area contributed by atoms with E-state index in [1.54, 1.807) is 17.0 Å². The van der Waals surface area contributed by atoms with Crippen molar-refractivity contribution < 1.29 is 14.0 Å². The number of amides is 2. The highest BCUT2D eigenvalue weighted by Crippen LogP contribution is 2.16. The summed E-state index contributed by atoms with van der Waals surface area (Å²) in [5.74, 6) is -1.28. The predicted molar refractivity (Wildman–Crippen MR) is 83.1 cm³/mol. The Labute approximate surface area is 130 Å². The van der Waals surface area contributed by atoms with E-state index in [-0.39, 0.29) is 11.9 Å². The molecule has 1 saturated heterocycles. The van der Waals surface area contributed by atoms with Gasteiger partial charge in [-0.1, -0.05) is 6.92 Å². The summed E-state index contributed by atoms with van der Waals surface area (Å²) in [6.45, 7) is 6.07. The van der Waals surface area contributed by atoms with E-state index in [0.717, 1.165) is 12.1 Å². The van der Waals surface area contributed by atoms with Crippen LogP contribution in [0.25, 0.3) is 0 Å². The second kappa shape index (κ2) is 7.24. The average Bonchev–Trinajstić information content (AvgIpc) is 2.55. The molecule has 120 valence electrons. The van der Waals surface area contributed by atoms with Gasteiger partial charge in [-0.25, -0.2) is 4.39 Å². The van der Waals surface area contributed by atoms with E-state index in [0.29, 0.717) is 26.2 Å². The summed E-state index contributed by atoms with van der Waals surface area (Å²) >= 11 is 0. The number of nitrogens with zero attached hydrogens (tertiary/aromatic N) is 2. The van der Waals surface area contributed by atoms with Crippen molar-refractivity contribution in [2.75, 3.05) is 31.1 Å². The van der Waals surface area contributed by atoms with Crippen molar-refractivity contribution >= 4 is 17.5 Å². The van der Waals surface area contributed by atoms with Gasteiger partial charge in [0.25, 0.3) is 0 Å². The minimum atomic E-state index is -0.537. The Hall–Kier alpha value is -2.11. The Morgan fingerprint density at radius 3 is 2.32 bits per heavy atom. The van der Waals surface area contributed by atoms with Gasteiger partial charge in [-0.2, -0.15) is 0 Å². The lowest BCUT2D eigenvalue weighted by Gasteiger charge is -2.35. The Bertz CT molecular complexity index is 525. The van der Waals surface area contributed by atoms with Crippen LogP contribution in [0.15, 0.2) is 24.3 Å². The van der Waals surface area contributed by atoms with Gasteiger partial charge < -0.3 is 15.1 Å². The van der Waals surface area contributed by atoms with Gasteiger partial charge in [0, 0.05) is 37.9 Å². The van der Waals surface area contributed by atoms with Crippen molar-refractivity contribution in [1.29, 1.82) is 0 Å². The summed E-state index contributed by atoms with van der Waals surface area (Å²) in [6.07, 6.45) is 0.789. The normalized spacial score (nSPS) is 16.3. The minimum Gasteiger partial charge on any atom is -0.368 e. The maximum absolute atomic E-state index is 12.9. The summed E-state index contributed by atoms with van der Waals surface area (Å²) in [7, 11) is 0. The molecule has 1 unspecified atom stereocenters. The first kappa shape index (κ1) is 16.3. The third-order valence-electron chi connectivity index (χ3n) is 3.94. The molecule has 1 fully saturated rings. The highest BCUT2D eigenvalue weighted by molar-refractivity contribution is 6.35. The molecule has 1 aliphatic rings. The maximum atomic E-state index is 12.9. The van der Waals surface area contributed by atoms with Gasteiger partial charge in [0.1, 0.15) is 5.82 Å². The summed E-state index contributed by atoms with van der Waals surface area (Å²) in [5, 5.41) is 2.69. The monoisotopic (exact) mass is 307 g/mol. The lowest BCUT2D eigenvalue weighted by molar-refractivity contribution is -0.146. The molecule has 6 heteroatoms. The largest absolute Gasteiger partial charge is 0.368 e. The van der Waals surface area contributed by atoms with E-state index in [1.165, 1.54) is 12.1 Å². The van der Waals surface area contributed by atoms with Crippen molar-refractivity contribution in [3.05, 3.63) is 30.1 Å². The first-order chi connectivity index (χ1) is 10.5. The van der Waals surface area contributed by atoms with Gasteiger partial charge >= 0.3 is 11.8 Å². The number of hydrogen-bond donors (Lipinski definition) is 1. The number of halogens is 1. The number of rotatable bonds is 3. The fraction of sp³-hybridized carbons (Fsp3) is 0.500. The Kier molecular flexibility index (Phi) is 5.35. The van der Waals surface area contributed by atoms with Crippen LogP contribution < -0.4 is 10.2 Å². The van der Waals surface area contributed by atoms with Crippen LogP contribution in [0, 0.1) is 5.82 Å². The lowest BCUT2D eigenvalue weighted by atomic mass is 10.2. The molecule has 1 atom stereocenters. The van der Waals surface area contributed by atoms with Crippen molar-refractivity contribution in [3.8, 4) is 0 Å². The number of hydrogen-bond acceptors (Lipinski definition) is 3. The van der Waals surface area contributed by atoms with Crippen LogP contribution in [0.5, 0.6) is 0 Å². The Morgan fingerprint density at radius 2 is 1.77 bits per heavy atom. The summed E-state index contributed by atoms with van der Waals surface area (Å²) in [6, 6.07) is 6.29. The quantitative estimate of drug-likeness (QED) is 0.859. The average molecular weight is 307 g/mol. The third kappa shape index (κ3) is 3.96. The highest BCUT2D eigenvalue weighted by atomic mass is 19.1. The molecule has 0 radical (unpaired) electrons. The SMILES string of the molecule is CCC(C)NC(=O)C(=O)N1CCN(c2ccc(F)cc2)CC1. The van der Waals surface area contributed by atoms with Crippen LogP contribution in [0.2, 0.25) is 0 Å². The molecule has 2 amide bonds. The fourth-order valence-corrected chi connectivity index (χ4v) is 2.35. The van der Waals surface area contributed by atoms with E-state index in [2.05, 4.69) is 10.2 Å². The van der Waals surface area contributed by atoms with E-state index >= 15 is 0 Å². The van der Waals surface area contributed by atoms with E-state index in [1.807, 2.05) is 13.8 Å². The van der Waals surface area contributed by atoms with Crippen LogP contribution in [-0.4, -0.2) is 48.9 Å². The summed E-state index contributed by atoms with van der Waals surface area (Å²) < 4.78 is 12.9. The zero-order chi connectivity index (χ0) is 16.1. The number of nitrogens with one attached hydrogen (secondary N) is 1. The zero-order valence-corrected chi connectivity index (χ0v) is 13.0. The third-order valence-corrected chi connectivity index (χ3v) is 3.94. The van der Waals surface area contributed by atoms with Gasteiger partial charge in [0.05, 0.1) is 0 Å². The van der Waals surface area contributed by atoms with Gasteiger partial charge in [-0.15, -0.1) is 0 Å². The summed E-state index contributed by atoms with van der Waals surface area (Å²) in [4.78, 5) is 27.6. The molecular weight excluding hydrogens is 285 g/mol. The molecule has 1 aromatic carbocycles. The molecule has 5 nitrogen and oxygen atoms in total. The van der Waals surface area contributed by atoms with Gasteiger partial charge in [0.15, 0.2) is 0 Å².